The topological polar surface area (TPSA) is 88.7 Å². The van der Waals surface area contributed by atoms with Crippen molar-refractivity contribution < 1.29 is 19.1 Å². The van der Waals surface area contributed by atoms with Gasteiger partial charge < -0.3 is 14.8 Å². The van der Waals surface area contributed by atoms with Gasteiger partial charge in [-0.2, -0.15) is 0 Å². The molecule has 0 spiro atoms. The number of rotatable bonds is 10. The first kappa shape index (κ1) is 26.7. The Bertz CT molecular complexity index is 955. The number of benzene rings is 2. The summed E-state index contributed by atoms with van der Waals surface area (Å²) in [6, 6.07) is 11.7. The van der Waals surface area contributed by atoms with Gasteiger partial charge in [-0.1, -0.05) is 37.0 Å². The van der Waals surface area contributed by atoms with E-state index in [1.807, 2.05) is 0 Å². The number of carbonyl (C=O) groups excluding carboxylic acids is 2. The Balaban J connectivity index is 1.64. The number of hydrogen-bond acceptors (Lipinski definition) is 5. The Kier molecular flexibility index (Phi) is 11.2. The maximum atomic E-state index is 12.2. The van der Waals surface area contributed by atoms with Crippen LogP contribution in [0.4, 0.5) is 0 Å². The number of carbonyl (C=O) groups is 2. The molecule has 0 fully saturated rings. The van der Waals surface area contributed by atoms with E-state index in [1.54, 1.807) is 42.5 Å². The molecule has 2 rings (SSSR count). The fourth-order valence-electron chi connectivity index (χ4n) is 2.53. The molecule has 0 bridgehead atoms. The Morgan fingerprint density at radius 3 is 2.39 bits per heavy atom. The van der Waals surface area contributed by atoms with Crippen LogP contribution in [0.5, 0.6) is 11.5 Å². The van der Waals surface area contributed by atoms with E-state index in [0.717, 1.165) is 6.42 Å². The lowest BCUT2D eigenvalue weighted by Gasteiger charge is -2.12. The minimum absolute atomic E-state index is 0.0105. The second-order valence-electron chi connectivity index (χ2n) is 7.54. The predicted octanol–water partition coefficient (Wildman–Crippen LogP) is 4.91. The molecule has 2 aromatic rings. The molecule has 0 atom stereocenters. The Morgan fingerprint density at radius 1 is 1.00 bits per heavy atom. The molecule has 3 N–H and O–H groups in total. The number of amides is 2. The summed E-state index contributed by atoms with van der Waals surface area (Å²) < 4.78 is 11.2. The van der Waals surface area contributed by atoms with Gasteiger partial charge in [-0.05, 0) is 73.4 Å². The largest absolute Gasteiger partial charge is 0.494 e. The van der Waals surface area contributed by atoms with Gasteiger partial charge in [-0.25, -0.2) is 0 Å². The van der Waals surface area contributed by atoms with Crippen LogP contribution in [0.2, 0.25) is 10.0 Å². The minimum Gasteiger partial charge on any atom is -0.494 e. The highest BCUT2D eigenvalue weighted by Gasteiger charge is 2.09. The van der Waals surface area contributed by atoms with Crippen LogP contribution < -0.4 is 25.6 Å². The molecule has 0 aromatic heterocycles. The molecule has 0 radical (unpaired) electrons. The quantitative estimate of drug-likeness (QED) is 0.238. The van der Waals surface area contributed by atoms with E-state index in [1.165, 1.54) is 0 Å². The lowest BCUT2D eigenvalue weighted by atomic mass is 10.1. The lowest BCUT2D eigenvalue weighted by Crippen LogP contribution is -2.48. The second-order valence-corrected chi connectivity index (χ2v) is 8.79. The van der Waals surface area contributed by atoms with Crippen molar-refractivity contribution in [1.29, 1.82) is 0 Å². The third-order valence-corrected chi connectivity index (χ3v) is 5.06. The molecule has 0 aliphatic heterocycles. The number of nitrogens with one attached hydrogen (secondary N) is 3. The third kappa shape index (κ3) is 10.3. The molecular formula is C23H27Cl2N3O4S. The molecule has 10 heteroatoms. The maximum absolute atomic E-state index is 12.2. The van der Waals surface area contributed by atoms with E-state index in [2.05, 4.69) is 30.0 Å². The molecule has 0 aliphatic rings. The first-order chi connectivity index (χ1) is 15.7. The number of hydrazine groups is 1. The van der Waals surface area contributed by atoms with Crippen LogP contribution in [-0.2, 0) is 4.79 Å². The zero-order valence-electron chi connectivity index (χ0n) is 18.5. The molecule has 0 heterocycles. The summed E-state index contributed by atoms with van der Waals surface area (Å²) in [7, 11) is 0. The zero-order valence-corrected chi connectivity index (χ0v) is 20.8. The van der Waals surface area contributed by atoms with Crippen LogP contribution in [0.1, 0.15) is 43.5 Å². The number of hydrogen-bond donors (Lipinski definition) is 3. The number of halogens is 2. The van der Waals surface area contributed by atoms with E-state index in [0.29, 0.717) is 52.7 Å². The van der Waals surface area contributed by atoms with E-state index < -0.39 is 5.91 Å². The molecule has 7 nitrogen and oxygen atoms in total. The molecule has 0 aliphatic carbocycles. The summed E-state index contributed by atoms with van der Waals surface area (Å²) in [5.74, 6) is 1.05. The number of ether oxygens (including phenoxy) is 2. The van der Waals surface area contributed by atoms with Crippen molar-refractivity contribution in [2.75, 3.05) is 13.2 Å². The summed E-state index contributed by atoms with van der Waals surface area (Å²) in [5.41, 5.74) is 5.38. The average Bonchev–Trinajstić information content (AvgIpc) is 2.76. The molecule has 2 aromatic carbocycles. The van der Waals surface area contributed by atoms with Crippen LogP contribution in [0.15, 0.2) is 42.5 Å². The molecule has 178 valence electrons. The lowest BCUT2D eigenvalue weighted by molar-refractivity contribution is -0.119. The van der Waals surface area contributed by atoms with E-state index in [4.69, 9.17) is 44.9 Å². The summed E-state index contributed by atoms with van der Waals surface area (Å²) in [4.78, 5) is 24.2. The van der Waals surface area contributed by atoms with Crippen LogP contribution in [0.3, 0.4) is 0 Å². The van der Waals surface area contributed by atoms with E-state index >= 15 is 0 Å². The van der Waals surface area contributed by atoms with Crippen molar-refractivity contribution in [1.82, 2.24) is 16.2 Å². The first-order valence-electron chi connectivity index (χ1n) is 10.5. The van der Waals surface area contributed by atoms with E-state index in [-0.39, 0.29) is 17.4 Å². The van der Waals surface area contributed by atoms with Gasteiger partial charge in [0.15, 0.2) is 5.11 Å². The average molecular weight is 512 g/mol. The minimum atomic E-state index is -0.395. The van der Waals surface area contributed by atoms with Gasteiger partial charge in [-0.3, -0.25) is 20.4 Å². The molecule has 33 heavy (non-hydrogen) atoms. The molecule has 2 amide bonds. The summed E-state index contributed by atoms with van der Waals surface area (Å²) >= 11 is 16.9. The highest BCUT2D eigenvalue weighted by atomic mass is 35.5. The highest BCUT2D eigenvalue weighted by Crippen LogP contribution is 2.27. The van der Waals surface area contributed by atoms with Gasteiger partial charge in [0.1, 0.15) is 11.5 Å². The Labute approximate surface area is 209 Å². The van der Waals surface area contributed by atoms with Crippen molar-refractivity contribution >= 4 is 52.3 Å². The fourth-order valence-corrected chi connectivity index (χ4v) is 3.16. The van der Waals surface area contributed by atoms with Gasteiger partial charge in [0.05, 0.1) is 18.2 Å². The van der Waals surface area contributed by atoms with Crippen LogP contribution in [0.25, 0.3) is 0 Å². The monoisotopic (exact) mass is 511 g/mol. The zero-order chi connectivity index (χ0) is 24.2. The summed E-state index contributed by atoms with van der Waals surface area (Å²) in [6.07, 6.45) is 1.59. The normalized spacial score (nSPS) is 10.5. The Morgan fingerprint density at radius 2 is 1.73 bits per heavy atom. The van der Waals surface area contributed by atoms with Crippen molar-refractivity contribution in [2.45, 2.75) is 33.1 Å². The van der Waals surface area contributed by atoms with Gasteiger partial charge in [0.25, 0.3) is 5.91 Å². The van der Waals surface area contributed by atoms with Crippen LogP contribution in [-0.4, -0.2) is 30.1 Å². The maximum Gasteiger partial charge on any atom is 0.269 e. The highest BCUT2D eigenvalue weighted by molar-refractivity contribution is 7.80. The molecule has 0 saturated heterocycles. The summed E-state index contributed by atoms with van der Waals surface area (Å²) in [6.45, 7) is 5.18. The third-order valence-electron chi connectivity index (χ3n) is 4.32. The van der Waals surface area contributed by atoms with Gasteiger partial charge in [0.2, 0.25) is 5.91 Å². The summed E-state index contributed by atoms with van der Waals surface area (Å²) in [5, 5.41) is 3.40. The number of thiocarbonyl (C=S) groups is 1. The second kappa shape index (κ2) is 13.9. The molecule has 0 saturated carbocycles. The first-order valence-corrected chi connectivity index (χ1v) is 11.6. The van der Waals surface area contributed by atoms with Crippen molar-refractivity contribution in [3.8, 4) is 11.5 Å². The Hall–Kier alpha value is -2.55. The van der Waals surface area contributed by atoms with Gasteiger partial charge in [-0.15, -0.1) is 0 Å². The predicted molar refractivity (Wildman–Crippen MR) is 134 cm³/mol. The fraction of sp³-hybridized carbons (Fsp3) is 0.348. The van der Waals surface area contributed by atoms with Crippen molar-refractivity contribution in [3.05, 3.63) is 58.1 Å². The molecular weight excluding hydrogens is 485 g/mol. The van der Waals surface area contributed by atoms with Gasteiger partial charge in [0, 0.05) is 17.0 Å². The standard InChI is InChI=1S/C23H27Cl2N3O4S/c1-15(2)11-13-31-18-8-5-16(6-9-18)22(30)27-28-23(33)26-21(29)4-3-12-32-20-10-7-17(24)14-19(20)25/h5-10,14-15H,3-4,11-13H2,1-2H3,(H,27,30)(H2,26,28,29,33). The van der Waals surface area contributed by atoms with Crippen LogP contribution >= 0.6 is 35.4 Å². The van der Waals surface area contributed by atoms with E-state index in [9.17, 15) is 9.59 Å². The van der Waals surface area contributed by atoms with Crippen molar-refractivity contribution in [2.24, 2.45) is 5.92 Å². The SMILES string of the molecule is CC(C)CCOc1ccc(C(=O)NNC(=S)NC(=O)CCCOc2ccc(Cl)cc2Cl)cc1. The van der Waals surface area contributed by atoms with Gasteiger partial charge >= 0.3 is 0 Å². The van der Waals surface area contributed by atoms with Crippen molar-refractivity contribution in [3.63, 3.8) is 0 Å². The molecule has 0 unspecified atom stereocenters. The smallest absolute Gasteiger partial charge is 0.269 e. The van der Waals surface area contributed by atoms with Crippen LogP contribution in [0, 0.1) is 5.92 Å².